The predicted octanol–water partition coefficient (Wildman–Crippen LogP) is 1.97. The molecule has 0 spiro atoms. The molecule has 0 aromatic carbocycles. The van der Waals surface area contributed by atoms with Gasteiger partial charge in [-0.1, -0.05) is 0 Å². The Bertz CT molecular complexity index is 444. The van der Waals surface area contributed by atoms with Gasteiger partial charge < -0.3 is 15.0 Å². The molecule has 1 atom stereocenters. The fraction of sp³-hybridized carbons (Fsp3) is 0.643. The van der Waals surface area contributed by atoms with Crippen LogP contribution in [-0.4, -0.2) is 40.8 Å². The topological polar surface area (TPSA) is 67.3 Å². The van der Waals surface area contributed by atoms with Crippen molar-refractivity contribution in [2.24, 2.45) is 0 Å². The Kier molecular flexibility index (Phi) is 4.42. The largest absolute Gasteiger partial charge is 0.444 e. The van der Waals surface area contributed by atoms with Crippen molar-refractivity contribution in [3.63, 3.8) is 0 Å². The van der Waals surface area contributed by atoms with E-state index in [-0.39, 0.29) is 12.1 Å². The number of hydrogen-bond donors (Lipinski definition) is 1. The third-order valence-electron chi connectivity index (χ3n) is 3.02. The highest BCUT2D eigenvalue weighted by atomic mass is 16.6. The molecule has 6 heteroatoms. The molecule has 20 heavy (non-hydrogen) atoms. The van der Waals surface area contributed by atoms with E-state index in [0.717, 1.165) is 31.7 Å². The van der Waals surface area contributed by atoms with Crippen molar-refractivity contribution >= 4 is 11.9 Å². The van der Waals surface area contributed by atoms with Crippen molar-refractivity contribution < 1.29 is 9.53 Å². The van der Waals surface area contributed by atoms with Gasteiger partial charge in [-0.25, -0.2) is 9.78 Å². The highest BCUT2D eigenvalue weighted by Gasteiger charge is 2.24. The van der Waals surface area contributed by atoms with Gasteiger partial charge in [-0.05, 0) is 33.6 Å². The maximum absolute atomic E-state index is 11.8. The SMILES string of the molecule is CC(C)(C)OC(=O)NC1CCCN(c2cnccn2)C1. The molecule has 0 bridgehead atoms. The maximum Gasteiger partial charge on any atom is 0.407 e. The molecule has 2 heterocycles. The molecule has 1 aromatic rings. The Morgan fingerprint density at radius 2 is 2.25 bits per heavy atom. The number of nitrogens with one attached hydrogen (secondary N) is 1. The predicted molar refractivity (Wildman–Crippen MR) is 76.6 cm³/mol. The zero-order valence-corrected chi connectivity index (χ0v) is 12.3. The summed E-state index contributed by atoms with van der Waals surface area (Å²) < 4.78 is 5.28. The van der Waals surface area contributed by atoms with Crippen LogP contribution < -0.4 is 10.2 Å². The van der Waals surface area contributed by atoms with Crippen molar-refractivity contribution in [1.82, 2.24) is 15.3 Å². The zero-order chi connectivity index (χ0) is 14.6. The van der Waals surface area contributed by atoms with E-state index in [2.05, 4.69) is 20.2 Å². The van der Waals surface area contributed by atoms with Gasteiger partial charge in [0.15, 0.2) is 0 Å². The summed E-state index contributed by atoms with van der Waals surface area (Å²) >= 11 is 0. The molecule has 1 aromatic heterocycles. The summed E-state index contributed by atoms with van der Waals surface area (Å²) in [4.78, 5) is 22.3. The van der Waals surface area contributed by atoms with E-state index in [1.165, 1.54) is 0 Å². The molecule has 1 N–H and O–H groups in total. The fourth-order valence-electron chi connectivity index (χ4n) is 2.23. The number of carbonyl (C=O) groups excluding carboxylic acids is 1. The Morgan fingerprint density at radius 1 is 1.45 bits per heavy atom. The minimum Gasteiger partial charge on any atom is -0.444 e. The summed E-state index contributed by atoms with van der Waals surface area (Å²) in [6.07, 6.45) is 6.69. The number of anilines is 1. The maximum atomic E-state index is 11.8. The number of nitrogens with zero attached hydrogens (tertiary/aromatic N) is 3. The highest BCUT2D eigenvalue weighted by molar-refractivity contribution is 5.68. The molecular formula is C14H22N4O2. The Balaban J connectivity index is 1.89. The first-order valence-electron chi connectivity index (χ1n) is 6.94. The van der Waals surface area contributed by atoms with Gasteiger partial charge in [0.2, 0.25) is 0 Å². The number of aromatic nitrogens is 2. The van der Waals surface area contributed by atoms with Crippen LogP contribution in [0.2, 0.25) is 0 Å². The number of piperidine rings is 1. The van der Waals surface area contributed by atoms with Crippen LogP contribution in [0.3, 0.4) is 0 Å². The number of carbonyl (C=O) groups is 1. The smallest absolute Gasteiger partial charge is 0.407 e. The third kappa shape index (κ3) is 4.36. The first kappa shape index (κ1) is 14.6. The van der Waals surface area contributed by atoms with E-state index in [1.54, 1.807) is 18.6 Å². The van der Waals surface area contributed by atoms with Crippen LogP contribution in [0.4, 0.5) is 10.6 Å². The molecule has 0 radical (unpaired) electrons. The molecular weight excluding hydrogens is 256 g/mol. The molecule has 2 rings (SSSR count). The van der Waals surface area contributed by atoms with E-state index in [9.17, 15) is 4.79 Å². The summed E-state index contributed by atoms with van der Waals surface area (Å²) in [7, 11) is 0. The van der Waals surface area contributed by atoms with Crippen molar-refractivity contribution in [2.75, 3.05) is 18.0 Å². The Labute approximate surface area is 119 Å². The summed E-state index contributed by atoms with van der Waals surface area (Å²) in [6.45, 7) is 7.25. The number of rotatable bonds is 2. The highest BCUT2D eigenvalue weighted by Crippen LogP contribution is 2.17. The number of alkyl carbamates (subject to hydrolysis) is 1. The van der Waals surface area contributed by atoms with Crippen molar-refractivity contribution in [3.05, 3.63) is 18.6 Å². The van der Waals surface area contributed by atoms with Gasteiger partial charge in [0.05, 0.1) is 6.20 Å². The normalized spacial score (nSPS) is 19.6. The van der Waals surface area contributed by atoms with E-state index in [0.29, 0.717) is 0 Å². The average Bonchev–Trinajstić information content (AvgIpc) is 2.38. The molecule has 1 unspecified atom stereocenters. The number of amides is 1. The fourth-order valence-corrected chi connectivity index (χ4v) is 2.23. The second-order valence-corrected chi connectivity index (χ2v) is 6.00. The molecule has 1 fully saturated rings. The lowest BCUT2D eigenvalue weighted by atomic mass is 10.1. The van der Waals surface area contributed by atoms with E-state index in [4.69, 9.17) is 4.74 Å². The molecule has 1 aliphatic rings. The van der Waals surface area contributed by atoms with Crippen molar-refractivity contribution in [3.8, 4) is 0 Å². The van der Waals surface area contributed by atoms with Crippen molar-refractivity contribution in [2.45, 2.75) is 45.3 Å². The Hall–Kier alpha value is -1.85. The summed E-state index contributed by atoms with van der Waals surface area (Å²) in [5.74, 6) is 0.850. The minimum absolute atomic E-state index is 0.0839. The lowest BCUT2D eigenvalue weighted by Gasteiger charge is -2.34. The van der Waals surface area contributed by atoms with Gasteiger partial charge in [0, 0.05) is 31.5 Å². The van der Waals surface area contributed by atoms with Gasteiger partial charge in [0.25, 0.3) is 0 Å². The lowest BCUT2D eigenvalue weighted by Crippen LogP contribution is -2.49. The average molecular weight is 278 g/mol. The first-order chi connectivity index (χ1) is 9.44. The van der Waals surface area contributed by atoms with E-state index < -0.39 is 5.60 Å². The molecule has 1 saturated heterocycles. The van der Waals surface area contributed by atoms with E-state index >= 15 is 0 Å². The van der Waals surface area contributed by atoms with Gasteiger partial charge in [-0.3, -0.25) is 4.98 Å². The molecule has 1 aliphatic heterocycles. The quantitative estimate of drug-likeness (QED) is 0.896. The summed E-state index contributed by atoms with van der Waals surface area (Å²) in [5.41, 5.74) is -0.469. The van der Waals surface area contributed by atoms with Crippen LogP contribution in [0.15, 0.2) is 18.6 Å². The zero-order valence-electron chi connectivity index (χ0n) is 12.3. The van der Waals surface area contributed by atoms with Crippen LogP contribution in [0, 0.1) is 0 Å². The van der Waals surface area contributed by atoms with Crippen LogP contribution in [0.25, 0.3) is 0 Å². The lowest BCUT2D eigenvalue weighted by molar-refractivity contribution is 0.0500. The third-order valence-corrected chi connectivity index (χ3v) is 3.02. The van der Waals surface area contributed by atoms with Crippen LogP contribution in [0.1, 0.15) is 33.6 Å². The molecule has 6 nitrogen and oxygen atoms in total. The van der Waals surface area contributed by atoms with Gasteiger partial charge in [-0.15, -0.1) is 0 Å². The van der Waals surface area contributed by atoms with Crippen LogP contribution in [-0.2, 0) is 4.74 Å². The van der Waals surface area contributed by atoms with Crippen LogP contribution in [0.5, 0.6) is 0 Å². The molecule has 110 valence electrons. The van der Waals surface area contributed by atoms with Crippen LogP contribution >= 0.6 is 0 Å². The standard InChI is InChI=1S/C14H22N4O2/c1-14(2,3)20-13(19)17-11-5-4-8-18(10-11)12-9-15-6-7-16-12/h6-7,9,11H,4-5,8,10H2,1-3H3,(H,17,19). The summed E-state index contributed by atoms with van der Waals surface area (Å²) in [6, 6.07) is 0.0839. The van der Waals surface area contributed by atoms with Gasteiger partial charge >= 0.3 is 6.09 Å². The van der Waals surface area contributed by atoms with Crippen molar-refractivity contribution in [1.29, 1.82) is 0 Å². The second-order valence-electron chi connectivity index (χ2n) is 6.00. The molecule has 0 aliphatic carbocycles. The number of hydrogen-bond acceptors (Lipinski definition) is 5. The monoisotopic (exact) mass is 278 g/mol. The van der Waals surface area contributed by atoms with Gasteiger partial charge in [0.1, 0.15) is 11.4 Å². The minimum atomic E-state index is -0.469. The van der Waals surface area contributed by atoms with E-state index in [1.807, 2.05) is 20.8 Å². The molecule has 1 amide bonds. The first-order valence-corrected chi connectivity index (χ1v) is 6.94. The Morgan fingerprint density at radius 3 is 2.90 bits per heavy atom. The summed E-state index contributed by atoms with van der Waals surface area (Å²) in [5, 5.41) is 2.92. The molecule has 0 saturated carbocycles. The van der Waals surface area contributed by atoms with Gasteiger partial charge in [-0.2, -0.15) is 0 Å². The second kappa shape index (κ2) is 6.07. The number of ether oxygens (including phenoxy) is 1.